The molecular formula is C16H30N2O2. The molecule has 1 saturated heterocycles. The van der Waals surface area contributed by atoms with E-state index in [-0.39, 0.29) is 23.8 Å². The van der Waals surface area contributed by atoms with E-state index >= 15 is 0 Å². The lowest BCUT2D eigenvalue weighted by Gasteiger charge is -2.29. The molecule has 0 aromatic carbocycles. The zero-order valence-corrected chi connectivity index (χ0v) is 13.8. The standard InChI is InChI=1S/C16H30N2O2/c1-11(2)8-17(9-12(3)4)16(20)14-7-15(19)18(10-14)13(5)6/h11-14H,7-10H2,1-6H3/t14-/m1/s1. The average Bonchev–Trinajstić information content (AvgIpc) is 2.68. The largest absolute Gasteiger partial charge is 0.342 e. The molecule has 1 fully saturated rings. The van der Waals surface area contributed by atoms with Crippen molar-refractivity contribution in [2.45, 2.75) is 54.0 Å². The zero-order chi connectivity index (χ0) is 15.4. The fraction of sp³-hybridized carbons (Fsp3) is 0.875. The molecule has 1 heterocycles. The van der Waals surface area contributed by atoms with Crippen molar-refractivity contribution in [3.63, 3.8) is 0 Å². The van der Waals surface area contributed by atoms with Gasteiger partial charge in [-0.1, -0.05) is 27.7 Å². The molecule has 4 nitrogen and oxygen atoms in total. The predicted octanol–water partition coefficient (Wildman–Crippen LogP) is 2.38. The second kappa shape index (κ2) is 7.09. The highest BCUT2D eigenvalue weighted by molar-refractivity contribution is 5.89. The fourth-order valence-corrected chi connectivity index (χ4v) is 2.79. The number of amides is 2. The minimum atomic E-state index is -0.151. The zero-order valence-electron chi connectivity index (χ0n) is 13.8. The Labute approximate surface area is 123 Å². The number of hydrogen-bond acceptors (Lipinski definition) is 2. The number of carbonyl (C=O) groups is 2. The van der Waals surface area contributed by atoms with Gasteiger partial charge in [0, 0.05) is 32.1 Å². The second-order valence-corrected chi connectivity index (χ2v) is 7.07. The lowest BCUT2D eigenvalue weighted by Crippen LogP contribution is -2.42. The summed E-state index contributed by atoms with van der Waals surface area (Å²) in [5, 5.41) is 0. The van der Waals surface area contributed by atoms with Gasteiger partial charge in [0.25, 0.3) is 0 Å². The number of likely N-dealkylation sites (tertiary alicyclic amines) is 1. The molecule has 0 aromatic heterocycles. The molecule has 1 atom stereocenters. The Morgan fingerprint density at radius 3 is 2.00 bits per heavy atom. The normalized spacial score (nSPS) is 19.6. The summed E-state index contributed by atoms with van der Waals surface area (Å²) in [6, 6.07) is 0.184. The number of hydrogen-bond donors (Lipinski definition) is 0. The van der Waals surface area contributed by atoms with E-state index in [1.165, 1.54) is 0 Å². The Bertz CT molecular complexity index is 340. The Balaban J connectivity index is 2.72. The Morgan fingerprint density at radius 1 is 1.15 bits per heavy atom. The fourth-order valence-electron chi connectivity index (χ4n) is 2.79. The third-order valence-corrected chi connectivity index (χ3v) is 3.61. The van der Waals surface area contributed by atoms with Crippen molar-refractivity contribution in [3.8, 4) is 0 Å². The van der Waals surface area contributed by atoms with Crippen LogP contribution in [0.15, 0.2) is 0 Å². The van der Waals surface area contributed by atoms with Gasteiger partial charge in [0.2, 0.25) is 11.8 Å². The van der Waals surface area contributed by atoms with Crippen LogP contribution in [0.5, 0.6) is 0 Å². The maximum absolute atomic E-state index is 12.7. The van der Waals surface area contributed by atoms with Gasteiger partial charge < -0.3 is 9.80 Å². The highest BCUT2D eigenvalue weighted by atomic mass is 16.2. The van der Waals surface area contributed by atoms with E-state index < -0.39 is 0 Å². The van der Waals surface area contributed by atoms with Crippen molar-refractivity contribution >= 4 is 11.8 Å². The van der Waals surface area contributed by atoms with E-state index in [1.807, 2.05) is 23.6 Å². The highest BCUT2D eigenvalue weighted by Crippen LogP contribution is 2.23. The van der Waals surface area contributed by atoms with Crippen LogP contribution in [0.1, 0.15) is 48.0 Å². The van der Waals surface area contributed by atoms with Crippen LogP contribution in [0, 0.1) is 17.8 Å². The van der Waals surface area contributed by atoms with E-state index in [2.05, 4.69) is 27.7 Å². The molecule has 0 N–H and O–H groups in total. The Kier molecular flexibility index (Phi) is 6.03. The summed E-state index contributed by atoms with van der Waals surface area (Å²) in [6.45, 7) is 14.7. The lowest BCUT2D eigenvalue weighted by molar-refractivity contribution is -0.136. The summed E-state index contributed by atoms with van der Waals surface area (Å²) in [4.78, 5) is 28.4. The van der Waals surface area contributed by atoms with Crippen LogP contribution in [0.25, 0.3) is 0 Å². The van der Waals surface area contributed by atoms with E-state index in [0.29, 0.717) is 24.8 Å². The Morgan fingerprint density at radius 2 is 1.65 bits per heavy atom. The van der Waals surface area contributed by atoms with E-state index in [4.69, 9.17) is 0 Å². The van der Waals surface area contributed by atoms with Crippen LogP contribution in [0.2, 0.25) is 0 Å². The van der Waals surface area contributed by atoms with Crippen LogP contribution in [-0.2, 0) is 9.59 Å². The van der Waals surface area contributed by atoms with Gasteiger partial charge in [-0.15, -0.1) is 0 Å². The average molecular weight is 282 g/mol. The first-order valence-corrected chi connectivity index (χ1v) is 7.80. The molecule has 0 unspecified atom stereocenters. The second-order valence-electron chi connectivity index (χ2n) is 7.07. The van der Waals surface area contributed by atoms with Gasteiger partial charge in [0.1, 0.15) is 0 Å². The SMILES string of the molecule is CC(C)CN(CC(C)C)C(=O)[C@@H]1CC(=O)N(C(C)C)C1. The minimum Gasteiger partial charge on any atom is -0.342 e. The van der Waals surface area contributed by atoms with E-state index in [1.54, 1.807) is 0 Å². The van der Waals surface area contributed by atoms with Crippen molar-refractivity contribution in [1.29, 1.82) is 0 Å². The lowest BCUT2D eigenvalue weighted by atomic mass is 10.0. The number of rotatable bonds is 6. The highest BCUT2D eigenvalue weighted by Gasteiger charge is 2.37. The van der Waals surface area contributed by atoms with Crippen molar-refractivity contribution in [2.75, 3.05) is 19.6 Å². The molecule has 0 saturated carbocycles. The van der Waals surface area contributed by atoms with Gasteiger partial charge in [0.05, 0.1) is 5.92 Å². The third kappa shape index (κ3) is 4.50. The van der Waals surface area contributed by atoms with Crippen LogP contribution in [-0.4, -0.2) is 47.3 Å². The molecule has 0 aromatic rings. The molecule has 4 heteroatoms. The monoisotopic (exact) mass is 282 g/mol. The molecule has 2 amide bonds. The van der Waals surface area contributed by atoms with Gasteiger partial charge in [-0.3, -0.25) is 9.59 Å². The van der Waals surface area contributed by atoms with Gasteiger partial charge in [-0.05, 0) is 25.7 Å². The molecular weight excluding hydrogens is 252 g/mol. The van der Waals surface area contributed by atoms with Crippen molar-refractivity contribution in [1.82, 2.24) is 9.80 Å². The smallest absolute Gasteiger partial charge is 0.228 e. The van der Waals surface area contributed by atoms with Crippen molar-refractivity contribution in [2.24, 2.45) is 17.8 Å². The van der Waals surface area contributed by atoms with Crippen molar-refractivity contribution < 1.29 is 9.59 Å². The topological polar surface area (TPSA) is 40.6 Å². The molecule has 0 bridgehead atoms. The molecule has 0 spiro atoms. The summed E-state index contributed by atoms with van der Waals surface area (Å²) < 4.78 is 0. The van der Waals surface area contributed by atoms with E-state index in [9.17, 15) is 9.59 Å². The van der Waals surface area contributed by atoms with Crippen LogP contribution < -0.4 is 0 Å². The maximum Gasteiger partial charge on any atom is 0.228 e. The van der Waals surface area contributed by atoms with Gasteiger partial charge >= 0.3 is 0 Å². The minimum absolute atomic E-state index is 0.118. The Hall–Kier alpha value is -1.06. The van der Waals surface area contributed by atoms with Crippen molar-refractivity contribution in [3.05, 3.63) is 0 Å². The first kappa shape index (κ1) is 17.0. The number of nitrogens with zero attached hydrogens (tertiary/aromatic N) is 2. The van der Waals surface area contributed by atoms with Crippen LogP contribution in [0.3, 0.4) is 0 Å². The predicted molar refractivity (Wildman–Crippen MR) is 81.2 cm³/mol. The first-order valence-electron chi connectivity index (χ1n) is 7.80. The van der Waals surface area contributed by atoms with Gasteiger partial charge in [-0.2, -0.15) is 0 Å². The summed E-state index contributed by atoms with van der Waals surface area (Å²) in [5.41, 5.74) is 0. The quantitative estimate of drug-likeness (QED) is 0.750. The third-order valence-electron chi connectivity index (χ3n) is 3.61. The summed E-state index contributed by atoms with van der Waals surface area (Å²) in [7, 11) is 0. The summed E-state index contributed by atoms with van der Waals surface area (Å²) >= 11 is 0. The van der Waals surface area contributed by atoms with Gasteiger partial charge in [-0.25, -0.2) is 0 Å². The molecule has 0 radical (unpaired) electrons. The van der Waals surface area contributed by atoms with Gasteiger partial charge in [0.15, 0.2) is 0 Å². The summed E-state index contributed by atoms with van der Waals surface area (Å²) in [5.74, 6) is 1.03. The molecule has 20 heavy (non-hydrogen) atoms. The van der Waals surface area contributed by atoms with E-state index in [0.717, 1.165) is 13.1 Å². The van der Waals surface area contributed by atoms with Crippen LogP contribution >= 0.6 is 0 Å². The molecule has 0 aliphatic carbocycles. The first-order chi connectivity index (χ1) is 9.22. The van der Waals surface area contributed by atoms with Crippen LogP contribution in [0.4, 0.5) is 0 Å². The molecule has 116 valence electrons. The summed E-state index contributed by atoms with van der Waals surface area (Å²) in [6.07, 6.45) is 0.379. The molecule has 1 aliphatic rings. The molecule has 1 rings (SSSR count). The molecule has 1 aliphatic heterocycles. The number of carbonyl (C=O) groups excluding carboxylic acids is 2. The maximum atomic E-state index is 12.7.